The Hall–Kier alpha value is -2.98. The largest absolute Gasteiger partial charge is 0.419 e. The van der Waals surface area contributed by atoms with Crippen LogP contribution in [0.4, 0.5) is 0 Å². The fourth-order valence-corrected chi connectivity index (χ4v) is 5.67. The molecule has 9 nitrogen and oxygen atoms in total. The van der Waals surface area contributed by atoms with E-state index in [1.165, 1.54) is 21.0 Å². The van der Waals surface area contributed by atoms with Crippen molar-refractivity contribution < 1.29 is 17.6 Å². The summed E-state index contributed by atoms with van der Waals surface area (Å²) in [6, 6.07) is 8.30. The Balaban J connectivity index is 1.35. The molecule has 0 unspecified atom stereocenters. The van der Waals surface area contributed by atoms with Gasteiger partial charge >= 0.3 is 5.76 Å². The molecule has 0 radical (unpaired) electrons. The quantitative estimate of drug-likeness (QED) is 0.539. The fraction of sp³-hybridized carbons (Fsp3) is 0.435. The van der Waals surface area contributed by atoms with Crippen molar-refractivity contribution in [2.45, 2.75) is 50.6 Å². The molecule has 1 aliphatic rings. The van der Waals surface area contributed by atoms with Crippen LogP contribution in [-0.2, 0) is 27.9 Å². The highest BCUT2D eigenvalue weighted by Gasteiger charge is 2.30. The van der Waals surface area contributed by atoms with Crippen LogP contribution in [0.3, 0.4) is 0 Å². The minimum Gasteiger partial charge on any atom is -0.408 e. The molecule has 0 spiro atoms. The van der Waals surface area contributed by atoms with Crippen LogP contribution in [0.15, 0.2) is 56.8 Å². The number of pyridine rings is 1. The molecular weight excluding hydrogens is 444 g/mol. The van der Waals surface area contributed by atoms with Crippen LogP contribution >= 0.6 is 0 Å². The first-order valence-electron chi connectivity index (χ1n) is 11.2. The molecule has 0 atom stereocenters. The van der Waals surface area contributed by atoms with E-state index in [-0.39, 0.29) is 22.3 Å². The molecule has 1 aromatic carbocycles. The van der Waals surface area contributed by atoms with Crippen molar-refractivity contribution in [2.24, 2.45) is 5.92 Å². The number of aromatic nitrogens is 2. The zero-order valence-corrected chi connectivity index (χ0v) is 19.4. The Morgan fingerprint density at radius 3 is 2.73 bits per heavy atom. The summed E-state index contributed by atoms with van der Waals surface area (Å²) in [6.45, 7) is 3.60. The molecule has 33 heavy (non-hydrogen) atoms. The van der Waals surface area contributed by atoms with Gasteiger partial charge in [-0.2, -0.15) is 4.31 Å². The number of amides is 1. The standard InChI is InChI=1S/C23H28N4O5S/c1-2-10-27-20-6-5-19(14-21(20)32-23(27)29)33(30,31)26-11-7-17(8-12-26)13-22(28)25-16-18-4-3-9-24-15-18/h3-6,9,14-15,17H,2,7-8,10-13,16H2,1H3,(H,25,28). The smallest absolute Gasteiger partial charge is 0.408 e. The summed E-state index contributed by atoms with van der Waals surface area (Å²) in [6.07, 6.45) is 5.77. The third kappa shape index (κ3) is 5.17. The third-order valence-electron chi connectivity index (χ3n) is 5.98. The van der Waals surface area contributed by atoms with Crippen LogP contribution in [0, 0.1) is 5.92 Å². The molecule has 2 aromatic heterocycles. The number of carbonyl (C=O) groups is 1. The van der Waals surface area contributed by atoms with Crippen molar-refractivity contribution in [3.63, 3.8) is 0 Å². The Morgan fingerprint density at radius 1 is 1.24 bits per heavy atom. The number of carbonyl (C=O) groups excluding carboxylic acids is 1. The van der Waals surface area contributed by atoms with Crippen LogP contribution in [-0.4, -0.2) is 41.3 Å². The second kappa shape index (κ2) is 9.88. The minimum atomic E-state index is -3.71. The molecule has 1 aliphatic heterocycles. The number of aryl methyl sites for hydroxylation is 1. The predicted octanol–water partition coefficient (Wildman–Crippen LogP) is 2.51. The summed E-state index contributed by atoms with van der Waals surface area (Å²) < 4.78 is 34.5. The van der Waals surface area contributed by atoms with E-state index in [2.05, 4.69) is 10.3 Å². The Kier molecular flexibility index (Phi) is 6.94. The molecule has 0 saturated carbocycles. The number of piperidine rings is 1. The van der Waals surface area contributed by atoms with Gasteiger partial charge in [0.15, 0.2) is 5.58 Å². The molecule has 1 saturated heterocycles. The van der Waals surface area contributed by atoms with Crippen LogP contribution in [0.2, 0.25) is 0 Å². The number of benzene rings is 1. The van der Waals surface area contributed by atoms with Gasteiger partial charge in [-0.1, -0.05) is 13.0 Å². The molecule has 3 heterocycles. The normalized spacial score (nSPS) is 15.7. The lowest BCUT2D eigenvalue weighted by Gasteiger charge is -2.31. The van der Waals surface area contributed by atoms with Gasteiger partial charge in [-0.3, -0.25) is 14.3 Å². The first kappa shape index (κ1) is 23.2. The topological polar surface area (TPSA) is 115 Å². The number of fused-ring (bicyclic) bond motifs is 1. The van der Waals surface area contributed by atoms with E-state index in [9.17, 15) is 18.0 Å². The molecule has 1 amide bonds. The molecule has 176 valence electrons. The number of nitrogens with zero attached hydrogens (tertiary/aromatic N) is 3. The second-order valence-corrected chi connectivity index (χ2v) is 10.3. The Bertz CT molecular complexity index is 1280. The molecule has 4 rings (SSSR count). The first-order valence-corrected chi connectivity index (χ1v) is 12.6. The molecule has 1 fully saturated rings. The van der Waals surface area contributed by atoms with E-state index in [1.807, 2.05) is 19.1 Å². The molecule has 0 bridgehead atoms. The maximum absolute atomic E-state index is 13.2. The number of hydrogen-bond donors (Lipinski definition) is 1. The average Bonchev–Trinajstić information content (AvgIpc) is 3.13. The third-order valence-corrected chi connectivity index (χ3v) is 7.88. The van der Waals surface area contributed by atoms with E-state index in [0.717, 1.165) is 12.0 Å². The van der Waals surface area contributed by atoms with Crippen molar-refractivity contribution in [1.29, 1.82) is 0 Å². The van der Waals surface area contributed by atoms with E-state index in [4.69, 9.17) is 4.42 Å². The van der Waals surface area contributed by atoms with Gasteiger partial charge in [0.25, 0.3) is 0 Å². The van der Waals surface area contributed by atoms with Crippen molar-refractivity contribution in [2.75, 3.05) is 13.1 Å². The van der Waals surface area contributed by atoms with Crippen LogP contribution in [0.25, 0.3) is 11.1 Å². The van der Waals surface area contributed by atoms with Crippen molar-refractivity contribution in [3.05, 3.63) is 58.8 Å². The average molecular weight is 473 g/mol. The summed E-state index contributed by atoms with van der Waals surface area (Å²) in [5.41, 5.74) is 1.80. The van der Waals surface area contributed by atoms with Gasteiger partial charge in [0, 0.05) is 51.1 Å². The van der Waals surface area contributed by atoms with E-state index < -0.39 is 15.8 Å². The zero-order chi connectivity index (χ0) is 23.4. The van der Waals surface area contributed by atoms with Gasteiger partial charge in [-0.15, -0.1) is 0 Å². The first-order chi connectivity index (χ1) is 15.9. The van der Waals surface area contributed by atoms with Gasteiger partial charge in [0.2, 0.25) is 15.9 Å². The predicted molar refractivity (Wildman–Crippen MR) is 123 cm³/mol. The summed E-state index contributed by atoms with van der Waals surface area (Å²) in [5.74, 6) is -0.393. The van der Waals surface area contributed by atoms with Gasteiger partial charge in [0.1, 0.15) is 0 Å². The number of oxazole rings is 1. The zero-order valence-electron chi connectivity index (χ0n) is 18.6. The molecule has 0 aliphatic carbocycles. The molecular formula is C23H28N4O5S. The summed E-state index contributed by atoms with van der Waals surface area (Å²) >= 11 is 0. The highest BCUT2D eigenvalue weighted by atomic mass is 32.2. The lowest BCUT2D eigenvalue weighted by Crippen LogP contribution is -2.39. The molecule has 10 heteroatoms. The summed E-state index contributed by atoms with van der Waals surface area (Å²) in [5, 5.41) is 2.90. The monoisotopic (exact) mass is 472 g/mol. The van der Waals surface area contributed by atoms with Crippen molar-refractivity contribution in [1.82, 2.24) is 19.2 Å². The van der Waals surface area contributed by atoms with E-state index >= 15 is 0 Å². The summed E-state index contributed by atoms with van der Waals surface area (Å²) in [4.78, 5) is 28.5. The van der Waals surface area contributed by atoms with Gasteiger partial charge < -0.3 is 9.73 Å². The van der Waals surface area contributed by atoms with Crippen LogP contribution in [0.1, 0.15) is 38.2 Å². The number of nitrogens with one attached hydrogen (secondary N) is 1. The molecule has 1 N–H and O–H groups in total. The van der Waals surface area contributed by atoms with E-state index in [1.54, 1.807) is 18.5 Å². The minimum absolute atomic E-state index is 0.0442. The highest BCUT2D eigenvalue weighted by molar-refractivity contribution is 7.89. The van der Waals surface area contributed by atoms with Crippen molar-refractivity contribution >= 4 is 27.0 Å². The van der Waals surface area contributed by atoms with Gasteiger partial charge in [-0.05, 0) is 48.9 Å². The SMILES string of the molecule is CCCn1c(=O)oc2cc(S(=O)(=O)N3CCC(CC(=O)NCc4cccnc4)CC3)ccc21. The second-order valence-electron chi connectivity index (χ2n) is 8.34. The Morgan fingerprint density at radius 2 is 2.03 bits per heavy atom. The van der Waals surface area contributed by atoms with Gasteiger partial charge in [0.05, 0.1) is 10.4 Å². The number of hydrogen-bond acceptors (Lipinski definition) is 6. The lowest BCUT2D eigenvalue weighted by atomic mass is 9.94. The maximum Gasteiger partial charge on any atom is 0.419 e. The van der Waals surface area contributed by atoms with Crippen LogP contribution in [0.5, 0.6) is 0 Å². The maximum atomic E-state index is 13.2. The number of sulfonamides is 1. The Labute approximate surface area is 192 Å². The fourth-order valence-electron chi connectivity index (χ4n) is 4.18. The summed E-state index contributed by atoms with van der Waals surface area (Å²) in [7, 11) is -3.71. The molecule has 3 aromatic rings. The van der Waals surface area contributed by atoms with Gasteiger partial charge in [-0.25, -0.2) is 13.2 Å². The lowest BCUT2D eigenvalue weighted by molar-refractivity contribution is -0.122. The van der Waals surface area contributed by atoms with E-state index in [0.29, 0.717) is 51.0 Å². The number of rotatable bonds is 8. The van der Waals surface area contributed by atoms with Crippen molar-refractivity contribution in [3.8, 4) is 0 Å². The van der Waals surface area contributed by atoms with Crippen LogP contribution < -0.4 is 11.1 Å². The highest BCUT2D eigenvalue weighted by Crippen LogP contribution is 2.27.